The summed E-state index contributed by atoms with van der Waals surface area (Å²) in [6, 6.07) is 13.2. The predicted molar refractivity (Wildman–Crippen MR) is 73.1 cm³/mol. The lowest BCUT2D eigenvalue weighted by molar-refractivity contribution is 0.446. The Kier molecular flexibility index (Phi) is 3.56. The minimum Gasteiger partial charge on any atom is -0.508 e. The lowest BCUT2D eigenvalue weighted by Crippen LogP contribution is -2.02. The highest BCUT2D eigenvalue weighted by Gasteiger charge is 2.19. The van der Waals surface area contributed by atoms with Gasteiger partial charge in [0, 0.05) is 11.5 Å². The first-order valence-electron chi connectivity index (χ1n) is 6.21. The molecule has 0 aliphatic heterocycles. The molecule has 1 atom stereocenters. The summed E-state index contributed by atoms with van der Waals surface area (Å²) in [5, 5.41) is 19.9. The molecule has 0 aliphatic carbocycles. The minimum absolute atomic E-state index is 0.110. The van der Waals surface area contributed by atoms with Gasteiger partial charge in [0.2, 0.25) is 0 Å². The average molecular weight is 242 g/mol. The molecule has 0 radical (unpaired) electrons. The maximum absolute atomic E-state index is 10.1. The predicted octanol–water partition coefficient (Wildman–Crippen LogP) is 3.95. The quantitative estimate of drug-likeness (QED) is 0.800. The number of phenols is 2. The molecule has 2 N–H and O–H groups in total. The summed E-state index contributed by atoms with van der Waals surface area (Å²) in [6.45, 7) is 3.93. The van der Waals surface area contributed by atoms with E-state index in [1.165, 1.54) is 6.07 Å². The number of rotatable bonds is 3. The van der Waals surface area contributed by atoms with E-state index in [9.17, 15) is 10.2 Å². The first-order chi connectivity index (χ1) is 8.65. The smallest absolute Gasteiger partial charge is 0.119 e. The minimum atomic E-state index is 0.110. The largest absolute Gasteiger partial charge is 0.508 e. The van der Waals surface area contributed by atoms with Crippen LogP contribution in [0.5, 0.6) is 11.5 Å². The Bertz CT molecular complexity index is 532. The summed E-state index contributed by atoms with van der Waals surface area (Å²) in [5.74, 6) is 0.594. The van der Waals surface area contributed by atoms with Crippen molar-refractivity contribution < 1.29 is 10.2 Å². The number of hydrogen-bond donors (Lipinski definition) is 2. The number of benzene rings is 2. The molecule has 0 bridgehead atoms. The Morgan fingerprint density at radius 1 is 0.944 bits per heavy atom. The molecule has 0 aromatic heterocycles. The van der Waals surface area contributed by atoms with Crippen LogP contribution >= 0.6 is 0 Å². The second-order valence-corrected chi connectivity index (χ2v) is 4.51. The molecule has 94 valence electrons. The van der Waals surface area contributed by atoms with Crippen molar-refractivity contribution in [3.05, 3.63) is 59.2 Å². The van der Waals surface area contributed by atoms with Crippen LogP contribution in [0.25, 0.3) is 0 Å². The summed E-state index contributed by atoms with van der Waals surface area (Å²) >= 11 is 0. The van der Waals surface area contributed by atoms with Crippen LogP contribution in [0.3, 0.4) is 0 Å². The van der Waals surface area contributed by atoms with E-state index in [2.05, 4.69) is 19.1 Å². The van der Waals surface area contributed by atoms with Gasteiger partial charge in [-0.15, -0.1) is 0 Å². The fraction of sp³-hybridized carbons (Fsp3) is 0.250. The van der Waals surface area contributed by atoms with Gasteiger partial charge >= 0.3 is 0 Å². The molecule has 0 saturated carbocycles. The summed E-state index contributed by atoms with van der Waals surface area (Å²) in [5.41, 5.74) is 2.73. The maximum atomic E-state index is 10.1. The van der Waals surface area contributed by atoms with Crippen LogP contribution in [0, 0.1) is 6.92 Å². The third-order valence-electron chi connectivity index (χ3n) is 3.42. The second-order valence-electron chi connectivity index (χ2n) is 4.51. The van der Waals surface area contributed by atoms with Crippen molar-refractivity contribution in [3.63, 3.8) is 0 Å². The molecule has 0 heterocycles. The highest BCUT2D eigenvalue weighted by molar-refractivity contribution is 5.51. The SMILES string of the molecule is CCC(c1ccccc1)c1c(O)ccc(O)c1C. The van der Waals surface area contributed by atoms with Crippen molar-refractivity contribution in [2.24, 2.45) is 0 Å². The Balaban J connectivity index is 2.56. The summed E-state index contributed by atoms with van der Waals surface area (Å²) in [7, 11) is 0. The highest BCUT2D eigenvalue weighted by Crippen LogP contribution is 2.39. The normalized spacial score (nSPS) is 12.3. The lowest BCUT2D eigenvalue weighted by atomic mass is 9.85. The van der Waals surface area contributed by atoms with Gasteiger partial charge in [-0.1, -0.05) is 37.3 Å². The molecule has 2 rings (SSSR count). The Morgan fingerprint density at radius 3 is 2.17 bits per heavy atom. The zero-order chi connectivity index (χ0) is 13.1. The molecule has 0 spiro atoms. The van der Waals surface area contributed by atoms with E-state index in [1.807, 2.05) is 25.1 Å². The Labute approximate surface area is 108 Å². The molecule has 0 amide bonds. The van der Waals surface area contributed by atoms with Gasteiger partial charge in [-0.3, -0.25) is 0 Å². The van der Waals surface area contributed by atoms with Gasteiger partial charge in [0.05, 0.1) is 0 Å². The number of phenolic OH excluding ortho intramolecular Hbond substituents is 2. The molecule has 1 unspecified atom stereocenters. The van der Waals surface area contributed by atoms with E-state index in [1.54, 1.807) is 6.07 Å². The van der Waals surface area contributed by atoms with Crippen LogP contribution < -0.4 is 0 Å². The van der Waals surface area contributed by atoms with Crippen molar-refractivity contribution in [2.45, 2.75) is 26.2 Å². The molecule has 2 nitrogen and oxygen atoms in total. The van der Waals surface area contributed by atoms with Crippen molar-refractivity contribution in [2.75, 3.05) is 0 Å². The molecule has 0 saturated heterocycles. The van der Waals surface area contributed by atoms with Gasteiger partial charge in [0.1, 0.15) is 11.5 Å². The lowest BCUT2D eigenvalue weighted by Gasteiger charge is -2.20. The monoisotopic (exact) mass is 242 g/mol. The topological polar surface area (TPSA) is 40.5 Å². The Hall–Kier alpha value is -1.96. The van der Waals surface area contributed by atoms with Crippen LogP contribution in [-0.2, 0) is 0 Å². The van der Waals surface area contributed by atoms with Crippen LogP contribution in [0.2, 0.25) is 0 Å². The van der Waals surface area contributed by atoms with Crippen molar-refractivity contribution in [1.82, 2.24) is 0 Å². The molecule has 2 aromatic carbocycles. The van der Waals surface area contributed by atoms with E-state index in [-0.39, 0.29) is 17.4 Å². The van der Waals surface area contributed by atoms with E-state index in [0.29, 0.717) is 0 Å². The molecule has 2 heteroatoms. The molecule has 2 aromatic rings. The summed E-state index contributed by atoms with van der Waals surface area (Å²) in [4.78, 5) is 0. The zero-order valence-electron chi connectivity index (χ0n) is 10.7. The fourth-order valence-electron chi connectivity index (χ4n) is 2.43. The number of aromatic hydroxyl groups is 2. The van der Waals surface area contributed by atoms with E-state index < -0.39 is 0 Å². The van der Waals surface area contributed by atoms with Gasteiger partial charge in [-0.05, 0) is 36.6 Å². The van der Waals surface area contributed by atoms with Gasteiger partial charge in [-0.25, -0.2) is 0 Å². The molecular formula is C16H18O2. The third kappa shape index (κ3) is 2.19. The average Bonchev–Trinajstić information content (AvgIpc) is 2.40. The van der Waals surface area contributed by atoms with Gasteiger partial charge in [-0.2, -0.15) is 0 Å². The molecular weight excluding hydrogens is 224 g/mol. The summed E-state index contributed by atoms with van der Waals surface area (Å²) < 4.78 is 0. The van der Waals surface area contributed by atoms with E-state index in [0.717, 1.165) is 23.1 Å². The van der Waals surface area contributed by atoms with Gasteiger partial charge in [0.15, 0.2) is 0 Å². The van der Waals surface area contributed by atoms with E-state index in [4.69, 9.17) is 0 Å². The fourth-order valence-corrected chi connectivity index (χ4v) is 2.43. The Morgan fingerprint density at radius 2 is 1.56 bits per heavy atom. The van der Waals surface area contributed by atoms with Gasteiger partial charge in [0.25, 0.3) is 0 Å². The standard InChI is InChI=1S/C16H18O2/c1-3-13(12-7-5-4-6-8-12)16-11(2)14(17)9-10-15(16)18/h4-10,13,17-18H,3H2,1-2H3. The van der Waals surface area contributed by atoms with Crippen molar-refractivity contribution >= 4 is 0 Å². The van der Waals surface area contributed by atoms with Crippen LogP contribution in [0.15, 0.2) is 42.5 Å². The molecule has 18 heavy (non-hydrogen) atoms. The van der Waals surface area contributed by atoms with Crippen LogP contribution in [-0.4, -0.2) is 10.2 Å². The van der Waals surface area contributed by atoms with Crippen molar-refractivity contribution in [1.29, 1.82) is 0 Å². The van der Waals surface area contributed by atoms with Crippen molar-refractivity contribution in [3.8, 4) is 11.5 Å². The third-order valence-corrected chi connectivity index (χ3v) is 3.42. The zero-order valence-corrected chi connectivity index (χ0v) is 10.7. The first-order valence-corrected chi connectivity index (χ1v) is 6.21. The summed E-state index contributed by atoms with van der Waals surface area (Å²) in [6.07, 6.45) is 0.877. The molecule has 0 fully saturated rings. The first kappa shape index (κ1) is 12.5. The highest BCUT2D eigenvalue weighted by atomic mass is 16.3. The molecule has 0 aliphatic rings. The maximum Gasteiger partial charge on any atom is 0.119 e. The van der Waals surface area contributed by atoms with Crippen LogP contribution in [0.1, 0.15) is 36.0 Å². The number of hydrogen-bond acceptors (Lipinski definition) is 2. The van der Waals surface area contributed by atoms with Crippen LogP contribution in [0.4, 0.5) is 0 Å². The van der Waals surface area contributed by atoms with E-state index >= 15 is 0 Å². The second kappa shape index (κ2) is 5.13. The van der Waals surface area contributed by atoms with Gasteiger partial charge < -0.3 is 10.2 Å².